The van der Waals surface area contributed by atoms with Crippen LogP contribution < -0.4 is 5.32 Å². The lowest BCUT2D eigenvalue weighted by molar-refractivity contribution is 0.886. The predicted molar refractivity (Wildman–Crippen MR) is 118 cm³/mol. The van der Waals surface area contributed by atoms with Crippen molar-refractivity contribution in [3.8, 4) is 0 Å². The first kappa shape index (κ1) is 25.5. The van der Waals surface area contributed by atoms with Gasteiger partial charge in [-0.3, -0.25) is 0 Å². The van der Waals surface area contributed by atoms with Gasteiger partial charge in [0.15, 0.2) is 0 Å². The lowest BCUT2D eigenvalue weighted by Gasteiger charge is -1.94. The molecule has 1 aliphatic heterocycles. The van der Waals surface area contributed by atoms with Crippen molar-refractivity contribution in [2.24, 2.45) is 0 Å². The first-order valence-electron chi connectivity index (χ1n) is 10.0. The highest BCUT2D eigenvalue weighted by molar-refractivity contribution is 5.54. The van der Waals surface area contributed by atoms with Gasteiger partial charge in [-0.15, -0.1) is 0 Å². The molecule has 0 atom stereocenters. The van der Waals surface area contributed by atoms with E-state index in [1.807, 2.05) is 27.7 Å². The van der Waals surface area contributed by atoms with Crippen molar-refractivity contribution in [2.75, 3.05) is 11.9 Å². The Morgan fingerprint density at radius 1 is 0.720 bits per heavy atom. The van der Waals surface area contributed by atoms with Crippen LogP contribution in [0.4, 0.5) is 5.69 Å². The monoisotopic (exact) mass is 343 g/mol. The number of rotatable bonds is 1. The standard InChI is InChI=1S/C8H9N.C8H10.C4H10.2C2H6/c1-2-4-8-7(3-1)5-6-9-8;1-7-5-3-4-6-8(7)2;1-3-4-2;2*1-2/h1-4,9H,5-6H2;3-6H,1-2H3;3-4H2,1-2H3;2*1-2H3. The lowest BCUT2D eigenvalue weighted by Crippen LogP contribution is -1.90. The Labute approximate surface area is 157 Å². The van der Waals surface area contributed by atoms with Gasteiger partial charge in [0.25, 0.3) is 0 Å². The van der Waals surface area contributed by atoms with E-state index in [0.29, 0.717) is 0 Å². The number of hydrogen-bond donors (Lipinski definition) is 1. The van der Waals surface area contributed by atoms with Gasteiger partial charge in [-0.2, -0.15) is 0 Å². The van der Waals surface area contributed by atoms with Crippen LogP contribution in [0.5, 0.6) is 0 Å². The van der Waals surface area contributed by atoms with E-state index in [4.69, 9.17) is 0 Å². The number of para-hydroxylation sites is 1. The second kappa shape index (κ2) is 18.6. The Balaban J connectivity index is 0. The van der Waals surface area contributed by atoms with Crippen LogP contribution in [0.2, 0.25) is 0 Å². The summed E-state index contributed by atoms with van der Waals surface area (Å²) in [6, 6.07) is 16.8. The Kier molecular flexibility index (Phi) is 18.9. The molecule has 0 aromatic heterocycles. The Morgan fingerprint density at radius 3 is 1.56 bits per heavy atom. The van der Waals surface area contributed by atoms with Crippen LogP contribution in [0, 0.1) is 13.8 Å². The largest absolute Gasteiger partial charge is 0.384 e. The van der Waals surface area contributed by atoms with Gasteiger partial charge < -0.3 is 5.32 Å². The number of nitrogens with one attached hydrogen (secondary N) is 1. The van der Waals surface area contributed by atoms with Crippen molar-refractivity contribution in [2.45, 2.75) is 74.7 Å². The quantitative estimate of drug-likeness (QED) is 0.556. The molecule has 2 aromatic rings. The molecule has 0 amide bonds. The van der Waals surface area contributed by atoms with Gasteiger partial charge in [-0.1, -0.05) is 96.8 Å². The molecule has 0 spiro atoms. The normalized spacial score (nSPS) is 9.92. The fourth-order valence-electron chi connectivity index (χ4n) is 1.91. The molecule has 0 radical (unpaired) electrons. The number of hydrogen-bond acceptors (Lipinski definition) is 1. The smallest absolute Gasteiger partial charge is 0.0373 e. The maximum atomic E-state index is 3.30. The predicted octanol–water partition coefficient (Wildman–Crippen LogP) is 7.82. The van der Waals surface area contributed by atoms with Gasteiger partial charge in [0.05, 0.1) is 0 Å². The zero-order valence-corrected chi connectivity index (χ0v) is 17.9. The fourth-order valence-corrected chi connectivity index (χ4v) is 1.91. The first-order chi connectivity index (χ1) is 12.2. The minimum absolute atomic E-state index is 1.11. The third-order valence-electron chi connectivity index (χ3n) is 3.65. The van der Waals surface area contributed by atoms with Gasteiger partial charge >= 0.3 is 0 Å². The maximum absolute atomic E-state index is 3.30. The molecule has 1 aliphatic rings. The SMILES string of the molecule is CC.CC.CCCC.Cc1ccccc1C.c1ccc2c(c1)CCN2. The highest BCUT2D eigenvalue weighted by Crippen LogP contribution is 2.19. The second-order valence-corrected chi connectivity index (χ2v) is 5.42. The summed E-state index contributed by atoms with van der Waals surface area (Å²) < 4.78 is 0. The van der Waals surface area contributed by atoms with E-state index in [9.17, 15) is 0 Å². The molecule has 142 valence electrons. The zero-order chi connectivity index (χ0) is 19.5. The maximum Gasteiger partial charge on any atom is 0.0373 e. The van der Waals surface area contributed by atoms with Crippen molar-refractivity contribution in [1.82, 2.24) is 0 Å². The molecule has 0 unspecified atom stereocenters. The lowest BCUT2D eigenvalue weighted by atomic mass is 10.1. The third-order valence-corrected chi connectivity index (χ3v) is 3.65. The Morgan fingerprint density at radius 2 is 1.16 bits per heavy atom. The average Bonchev–Trinajstić information content (AvgIpc) is 3.17. The van der Waals surface area contributed by atoms with E-state index < -0.39 is 0 Å². The van der Waals surface area contributed by atoms with Gasteiger partial charge in [-0.25, -0.2) is 0 Å². The zero-order valence-electron chi connectivity index (χ0n) is 17.9. The van der Waals surface area contributed by atoms with Gasteiger partial charge in [0.1, 0.15) is 0 Å². The molecular formula is C24H41N. The van der Waals surface area contributed by atoms with Crippen LogP contribution >= 0.6 is 0 Å². The minimum atomic E-state index is 1.11. The van der Waals surface area contributed by atoms with E-state index in [2.05, 4.69) is 81.5 Å². The van der Waals surface area contributed by atoms with E-state index >= 15 is 0 Å². The molecule has 1 N–H and O–H groups in total. The molecule has 0 aliphatic carbocycles. The number of benzene rings is 2. The van der Waals surface area contributed by atoms with E-state index in [-0.39, 0.29) is 0 Å². The van der Waals surface area contributed by atoms with Crippen molar-refractivity contribution < 1.29 is 0 Å². The Hall–Kier alpha value is -1.76. The van der Waals surface area contributed by atoms with Crippen LogP contribution in [0.1, 0.15) is 71.1 Å². The van der Waals surface area contributed by atoms with E-state index in [0.717, 1.165) is 6.54 Å². The highest BCUT2D eigenvalue weighted by Gasteiger charge is 2.05. The third kappa shape index (κ3) is 12.3. The molecule has 1 heteroatoms. The van der Waals surface area contributed by atoms with E-state index in [1.54, 1.807) is 0 Å². The van der Waals surface area contributed by atoms with Gasteiger partial charge in [0.2, 0.25) is 0 Å². The molecule has 3 rings (SSSR count). The van der Waals surface area contributed by atoms with Crippen LogP contribution in [0.15, 0.2) is 48.5 Å². The summed E-state index contributed by atoms with van der Waals surface area (Å²) in [5.41, 5.74) is 5.51. The summed E-state index contributed by atoms with van der Waals surface area (Å²) in [7, 11) is 0. The number of aryl methyl sites for hydroxylation is 2. The number of anilines is 1. The van der Waals surface area contributed by atoms with E-state index in [1.165, 1.54) is 41.6 Å². The molecule has 2 aromatic carbocycles. The van der Waals surface area contributed by atoms with Crippen molar-refractivity contribution in [1.29, 1.82) is 0 Å². The summed E-state index contributed by atoms with van der Waals surface area (Å²) in [4.78, 5) is 0. The molecule has 1 nitrogen and oxygen atoms in total. The minimum Gasteiger partial charge on any atom is -0.384 e. The van der Waals surface area contributed by atoms with Crippen molar-refractivity contribution >= 4 is 5.69 Å². The van der Waals surface area contributed by atoms with Crippen molar-refractivity contribution in [3.63, 3.8) is 0 Å². The average molecular weight is 344 g/mol. The summed E-state index contributed by atoms with van der Waals surface area (Å²) in [6.45, 7) is 17.7. The fraction of sp³-hybridized carbons (Fsp3) is 0.500. The first-order valence-corrected chi connectivity index (χ1v) is 10.0. The van der Waals surface area contributed by atoms with Crippen molar-refractivity contribution in [3.05, 3.63) is 65.2 Å². The molecular weight excluding hydrogens is 302 g/mol. The van der Waals surface area contributed by atoms with Crippen LogP contribution in [-0.4, -0.2) is 6.54 Å². The number of fused-ring (bicyclic) bond motifs is 1. The highest BCUT2D eigenvalue weighted by atomic mass is 14.9. The van der Waals surface area contributed by atoms with Gasteiger partial charge in [0, 0.05) is 12.2 Å². The summed E-state index contributed by atoms with van der Waals surface area (Å²) in [6.07, 6.45) is 3.83. The van der Waals surface area contributed by atoms with Crippen LogP contribution in [-0.2, 0) is 6.42 Å². The van der Waals surface area contributed by atoms with Crippen LogP contribution in [0.3, 0.4) is 0 Å². The molecule has 25 heavy (non-hydrogen) atoms. The van der Waals surface area contributed by atoms with Crippen LogP contribution in [0.25, 0.3) is 0 Å². The number of unbranched alkanes of at least 4 members (excludes halogenated alkanes) is 1. The molecule has 0 saturated heterocycles. The Bertz CT molecular complexity index is 471. The molecule has 0 fully saturated rings. The summed E-state index contributed by atoms with van der Waals surface area (Å²) in [5.74, 6) is 0. The topological polar surface area (TPSA) is 12.0 Å². The molecule has 0 bridgehead atoms. The second-order valence-electron chi connectivity index (χ2n) is 5.42. The molecule has 0 saturated carbocycles. The summed E-state index contributed by atoms with van der Waals surface area (Å²) >= 11 is 0. The summed E-state index contributed by atoms with van der Waals surface area (Å²) in [5, 5.41) is 3.30. The van der Waals surface area contributed by atoms with Gasteiger partial charge in [-0.05, 0) is 43.0 Å². The molecule has 1 heterocycles.